The molecule has 0 bridgehead atoms. The van der Waals surface area contributed by atoms with Crippen molar-refractivity contribution < 1.29 is 21.6 Å². The molecule has 0 unspecified atom stereocenters. The van der Waals surface area contributed by atoms with E-state index in [1.165, 1.54) is 12.1 Å². The Morgan fingerprint density at radius 3 is 2.14 bits per heavy atom. The zero-order valence-electron chi connectivity index (χ0n) is 11.6. The van der Waals surface area contributed by atoms with Gasteiger partial charge in [0.1, 0.15) is 6.54 Å². The van der Waals surface area contributed by atoms with E-state index in [4.69, 9.17) is 5.26 Å². The zero-order valence-corrected chi connectivity index (χ0v) is 12.4. The summed E-state index contributed by atoms with van der Waals surface area (Å²) in [6.45, 7) is 1.50. The Labute approximate surface area is 121 Å². The second-order valence-electron chi connectivity index (χ2n) is 4.94. The van der Waals surface area contributed by atoms with Crippen molar-refractivity contribution in [1.29, 1.82) is 5.26 Å². The van der Waals surface area contributed by atoms with Crippen LogP contribution in [-0.2, 0) is 10.0 Å². The molecule has 0 aromatic heterocycles. The summed E-state index contributed by atoms with van der Waals surface area (Å²) in [7, 11) is -4.25. The maximum atomic E-state index is 12.6. The largest absolute Gasteiger partial charge is 0.402 e. The Bertz CT molecular complexity index is 616. The van der Waals surface area contributed by atoms with Gasteiger partial charge >= 0.3 is 6.18 Å². The summed E-state index contributed by atoms with van der Waals surface area (Å²) in [5.41, 5.74) is 0.236. The van der Waals surface area contributed by atoms with E-state index < -0.39 is 22.7 Å². The summed E-state index contributed by atoms with van der Waals surface area (Å²) >= 11 is 0. The van der Waals surface area contributed by atoms with E-state index >= 15 is 0 Å². The second kappa shape index (κ2) is 6.45. The van der Waals surface area contributed by atoms with Crippen LogP contribution < -0.4 is 0 Å². The van der Waals surface area contributed by atoms with E-state index in [2.05, 4.69) is 0 Å². The molecule has 0 radical (unpaired) electrons. The lowest BCUT2D eigenvalue weighted by Crippen LogP contribution is -2.41. The molecule has 0 amide bonds. The number of benzene rings is 1. The first-order valence-corrected chi connectivity index (χ1v) is 7.57. The van der Waals surface area contributed by atoms with Crippen LogP contribution in [0.4, 0.5) is 13.2 Å². The number of rotatable bonds is 5. The van der Waals surface area contributed by atoms with Gasteiger partial charge in [0.15, 0.2) is 0 Å². The number of hydrogen-bond acceptors (Lipinski definition) is 3. The summed E-state index contributed by atoms with van der Waals surface area (Å²) in [6, 6.07) is 6.61. The van der Waals surface area contributed by atoms with E-state index in [9.17, 15) is 21.6 Å². The maximum absolute atomic E-state index is 12.6. The first-order valence-electron chi connectivity index (χ1n) is 6.13. The topological polar surface area (TPSA) is 61.2 Å². The maximum Gasteiger partial charge on any atom is 0.402 e. The minimum atomic E-state index is -4.62. The Kier molecular flexibility index (Phi) is 5.36. The van der Waals surface area contributed by atoms with Crippen molar-refractivity contribution in [3.8, 4) is 6.07 Å². The molecule has 0 heterocycles. The fourth-order valence-corrected chi connectivity index (χ4v) is 3.29. The number of hydrogen-bond donors (Lipinski definition) is 0. The monoisotopic (exact) mass is 320 g/mol. The van der Waals surface area contributed by atoms with Gasteiger partial charge in [-0.25, -0.2) is 8.42 Å². The zero-order chi connectivity index (χ0) is 16.3. The number of nitrogens with zero attached hydrogens (tertiary/aromatic N) is 2. The first-order chi connectivity index (χ1) is 9.56. The molecule has 0 saturated heterocycles. The molecular weight excluding hydrogens is 305 g/mol. The van der Waals surface area contributed by atoms with Crippen LogP contribution in [0, 0.1) is 17.2 Å². The molecule has 0 aliphatic rings. The van der Waals surface area contributed by atoms with Crippen LogP contribution in [0.25, 0.3) is 0 Å². The lowest BCUT2D eigenvalue weighted by molar-refractivity contribution is -0.136. The lowest BCUT2D eigenvalue weighted by Gasteiger charge is -2.25. The normalized spacial score (nSPS) is 12.7. The summed E-state index contributed by atoms with van der Waals surface area (Å²) in [5, 5.41) is 8.65. The number of alkyl halides is 3. The highest BCUT2D eigenvalue weighted by molar-refractivity contribution is 7.89. The van der Waals surface area contributed by atoms with Gasteiger partial charge in [0, 0.05) is 6.54 Å². The highest BCUT2D eigenvalue weighted by Crippen LogP contribution is 2.23. The van der Waals surface area contributed by atoms with E-state index in [-0.39, 0.29) is 22.9 Å². The Morgan fingerprint density at radius 2 is 1.76 bits per heavy atom. The van der Waals surface area contributed by atoms with Crippen LogP contribution in [0.1, 0.15) is 19.4 Å². The molecule has 8 heteroatoms. The van der Waals surface area contributed by atoms with Gasteiger partial charge < -0.3 is 0 Å². The third-order valence-electron chi connectivity index (χ3n) is 2.55. The molecule has 0 aliphatic heterocycles. The van der Waals surface area contributed by atoms with Gasteiger partial charge in [-0.15, -0.1) is 0 Å². The second-order valence-corrected chi connectivity index (χ2v) is 6.88. The predicted octanol–water partition coefficient (Wildman–Crippen LogP) is 2.77. The molecule has 0 N–H and O–H groups in total. The van der Waals surface area contributed by atoms with E-state index in [1.54, 1.807) is 13.8 Å². The van der Waals surface area contributed by atoms with Crippen molar-refractivity contribution in [2.75, 3.05) is 13.1 Å². The molecule has 4 nitrogen and oxygen atoms in total. The summed E-state index contributed by atoms with van der Waals surface area (Å²) in [4.78, 5) is -0.258. The molecule has 1 aromatic rings. The van der Waals surface area contributed by atoms with Crippen LogP contribution in [0.2, 0.25) is 0 Å². The minimum absolute atomic E-state index is 0.234. The number of nitriles is 1. The quantitative estimate of drug-likeness (QED) is 0.838. The lowest BCUT2D eigenvalue weighted by atomic mass is 10.2. The number of halogens is 3. The predicted molar refractivity (Wildman–Crippen MR) is 70.8 cm³/mol. The van der Waals surface area contributed by atoms with Gasteiger partial charge in [0.2, 0.25) is 10.0 Å². The van der Waals surface area contributed by atoms with Crippen LogP contribution in [-0.4, -0.2) is 32.0 Å². The van der Waals surface area contributed by atoms with Crippen LogP contribution in [0.15, 0.2) is 29.2 Å². The van der Waals surface area contributed by atoms with Crippen molar-refractivity contribution in [2.24, 2.45) is 5.92 Å². The first kappa shape index (κ1) is 17.5. The van der Waals surface area contributed by atoms with Gasteiger partial charge in [0.05, 0.1) is 16.5 Å². The Morgan fingerprint density at radius 1 is 1.24 bits per heavy atom. The van der Waals surface area contributed by atoms with E-state index in [0.29, 0.717) is 4.31 Å². The van der Waals surface area contributed by atoms with E-state index in [0.717, 1.165) is 12.1 Å². The SMILES string of the molecule is CC(C)CN(CC(F)(F)F)S(=O)(=O)c1ccc(C#N)cc1. The van der Waals surface area contributed by atoms with Crippen LogP contribution in [0.5, 0.6) is 0 Å². The minimum Gasteiger partial charge on any atom is -0.207 e. The van der Waals surface area contributed by atoms with Gasteiger partial charge in [-0.3, -0.25) is 0 Å². The van der Waals surface area contributed by atoms with Gasteiger partial charge in [0.25, 0.3) is 0 Å². The molecule has 0 spiro atoms. The van der Waals surface area contributed by atoms with E-state index in [1.807, 2.05) is 6.07 Å². The van der Waals surface area contributed by atoms with Crippen LogP contribution in [0.3, 0.4) is 0 Å². The average Bonchev–Trinajstić information content (AvgIpc) is 2.36. The fourth-order valence-electron chi connectivity index (χ4n) is 1.71. The van der Waals surface area contributed by atoms with Gasteiger partial charge in [-0.05, 0) is 30.2 Å². The molecule has 0 aliphatic carbocycles. The third kappa shape index (κ3) is 5.02. The Hall–Kier alpha value is -1.59. The highest BCUT2D eigenvalue weighted by atomic mass is 32.2. The van der Waals surface area contributed by atoms with Crippen molar-refractivity contribution in [3.05, 3.63) is 29.8 Å². The summed E-state index contributed by atoms with van der Waals surface area (Å²) in [6.07, 6.45) is -4.62. The van der Waals surface area contributed by atoms with Crippen molar-refractivity contribution >= 4 is 10.0 Å². The van der Waals surface area contributed by atoms with Crippen molar-refractivity contribution in [2.45, 2.75) is 24.9 Å². The van der Waals surface area contributed by atoms with Crippen LogP contribution >= 0.6 is 0 Å². The molecule has 21 heavy (non-hydrogen) atoms. The Balaban J connectivity index is 3.16. The van der Waals surface area contributed by atoms with Gasteiger partial charge in [-0.1, -0.05) is 13.8 Å². The molecule has 116 valence electrons. The average molecular weight is 320 g/mol. The highest BCUT2D eigenvalue weighted by Gasteiger charge is 2.37. The molecule has 1 aromatic carbocycles. The summed E-state index contributed by atoms with van der Waals surface area (Å²) in [5.74, 6) is -0.250. The summed E-state index contributed by atoms with van der Waals surface area (Å²) < 4.78 is 62.7. The molecular formula is C13H15F3N2O2S. The molecule has 1 rings (SSSR count). The molecule has 0 fully saturated rings. The molecule has 0 saturated carbocycles. The van der Waals surface area contributed by atoms with Crippen molar-refractivity contribution in [1.82, 2.24) is 4.31 Å². The molecule has 0 atom stereocenters. The number of sulfonamides is 1. The fraction of sp³-hybridized carbons (Fsp3) is 0.462. The third-order valence-corrected chi connectivity index (χ3v) is 4.37. The van der Waals surface area contributed by atoms with Crippen molar-refractivity contribution in [3.63, 3.8) is 0 Å². The standard InChI is InChI=1S/C13H15F3N2O2S/c1-10(2)8-18(9-13(14,15)16)21(19,20)12-5-3-11(7-17)4-6-12/h3-6,10H,8-9H2,1-2H3. The smallest absolute Gasteiger partial charge is 0.207 e. The van der Waals surface area contributed by atoms with Gasteiger partial charge in [-0.2, -0.15) is 22.7 Å².